The Labute approximate surface area is 129 Å². The molecule has 1 aromatic carbocycles. The Balaban J connectivity index is 2.37. The molecule has 1 fully saturated rings. The van der Waals surface area contributed by atoms with Crippen LogP contribution in [-0.2, 0) is 16.0 Å². The third kappa shape index (κ3) is 3.64. The van der Waals surface area contributed by atoms with Crippen molar-refractivity contribution in [1.82, 2.24) is 4.90 Å². The number of Topliss-reactive ketones (excluding diaryl/α,β-unsaturated/α-hetero) is 1. The van der Waals surface area contributed by atoms with Crippen molar-refractivity contribution in [2.45, 2.75) is 13.5 Å². The number of ketones is 1. The van der Waals surface area contributed by atoms with Crippen molar-refractivity contribution < 1.29 is 23.8 Å². The van der Waals surface area contributed by atoms with E-state index in [4.69, 9.17) is 14.2 Å². The zero-order valence-corrected chi connectivity index (χ0v) is 13.2. The van der Waals surface area contributed by atoms with Crippen LogP contribution in [-0.4, -0.2) is 57.2 Å². The van der Waals surface area contributed by atoms with Crippen molar-refractivity contribution in [2.75, 3.05) is 40.5 Å². The molecular formula is C16H21NO5. The highest BCUT2D eigenvalue weighted by atomic mass is 16.5. The van der Waals surface area contributed by atoms with Crippen LogP contribution in [0.3, 0.4) is 0 Å². The van der Waals surface area contributed by atoms with Gasteiger partial charge in [-0.3, -0.25) is 9.69 Å². The van der Waals surface area contributed by atoms with Gasteiger partial charge in [0.25, 0.3) is 0 Å². The van der Waals surface area contributed by atoms with Gasteiger partial charge in [-0.2, -0.15) is 0 Å². The van der Waals surface area contributed by atoms with Crippen LogP contribution in [0.25, 0.3) is 0 Å². The van der Waals surface area contributed by atoms with Gasteiger partial charge in [0.05, 0.1) is 33.0 Å². The average molecular weight is 307 g/mol. The van der Waals surface area contributed by atoms with E-state index >= 15 is 0 Å². The summed E-state index contributed by atoms with van der Waals surface area (Å²) in [6, 6.07) is 3.31. The summed E-state index contributed by atoms with van der Waals surface area (Å²) in [4.78, 5) is 25.9. The number of ether oxygens (including phenoxy) is 3. The van der Waals surface area contributed by atoms with E-state index in [2.05, 4.69) is 4.90 Å². The quantitative estimate of drug-likeness (QED) is 0.607. The first kappa shape index (κ1) is 16.5. The van der Waals surface area contributed by atoms with Crippen LogP contribution in [0.15, 0.2) is 12.1 Å². The van der Waals surface area contributed by atoms with E-state index in [0.29, 0.717) is 31.1 Å². The third-order valence-corrected chi connectivity index (χ3v) is 3.70. The van der Waals surface area contributed by atoms with E-state index in [9.17, 15) is 9.59 Å². The van der Waals surface area contributed by atoms with Gasteiger partial charge < -0.3 is 14.2 Å². The van der Waals surface area contributed by atoms with Gasteiger partial charge in [0.15, 0.2) is 5.78 Å². The second kappa shape index (κ2) is 7.38. The Bertz CT molecular complexity index is 564. The van der Waals surface area contributed by atoms with Crippen LogP contribution in [0.5, 0.6) is 5.75 Å². The highest BCUT2D eigenvalue weighted by molar-refractivity contribution is 6.05. The number of hydrogen-bond donors (Lipinski definition) is 0. The Morgan fingerprint density at radius 1 is 1.18 bits per heavy atom. The lowest BCUT2D eigenvalue weighted by atomic mass is 9.99. The number of esters is 1. The Hall–Kier alpha value is -1.92. The predicted molar refractivity (Wildman–Crippen MR) is 80.4 cm³/mol. The Morgan fingerprint density at radius 2 is 1.86 bits per heavy atom. The molecule has 120 valence electrons. The van der Waals surface area contributed by atoms with Gasteiger partial charge in [0.2, 0.25) is 0 Å². The summed E-state index contributed by atoms with van der Waals surface area (Å²) in [5.41, 5.74) is 1.47. The van der Waals surface area contributed by atoms with Crippen molar-refractivity contribution in [1.29, 1.82) is 0 Å². The number of benzene rings is 1. The molecule has 0 amide bonds. The van der Waals surface area contributed by atoms with Crippen LogP contribution in [0.1, 0.15) is 33.2 Å². The maximum atomic E-state index is 11.9. The second-order valence-corrected chi connectivity index (χ2v) is 5.15. The zero-order valence-electron chi connectivity index (χ0n) is 13.2. The van der Waals surface area contributed by atoms with Gasteiger partial charge in [-0.05, 0) is 19.1 Å². The van der Waals surface area contributed by atoms with Gasteiger partial charge in [0.1, 0.15) is 5.75 Å². The van der Waals surface area contributed by atoms with E-state index < -0.39 is 5.97 Å². The molecule has 0 radical (unpaired) electrons. The molecule has 1 aliphatic heterocycles. The summed E-state index contributed by atoms with van der Waals surface area (Å²) in [5.74, 6) is -0.135. The van der Waals surface area contributed by atoms with Crippen LogP contribution in [0, 0.1) is 0 Å². The summed E-state index contributed by atoms with van der Waals surface area (Å²) in [5, 5.41) is 0. The van der Waals surface area contributed by atoms with E-state index in [-0.39, 0.29) is 11.3 Å². The number of methoxy groups -OCH3 is 2. The molecular weight excluding hydrogens is 286 g/mol. The number of carbonyl (C=O) groups excluding carboxylic acids is 2. The first-order valence-corrected chi connectivity index (χ1v) is 7.17. The maximum absolute atomic E-state index is 11.9. The molecule has 22 heavy (non-hydrogen) atoms. The molecule has 0 aromatic heterocycles. The summed E-state index contributed by atoms with van der Waals surface area (Å²) >= 11 is 0. The van der Waals surface area contributed by atoms with E-state index in [1.54, 1.807) is 19.2 Å². The summed E-state index contributed by atoms with van der Waals surface area (Å²) in [6.45, 7) is 5.14. The molecule has 0 saturated carbocycles. The summed E-state index contributed by atoms with van der Waals surface area (Å²) in [7, 11) is 2.84. The maximum Gasteiger partial charge on any atom is 0.338 e. The second-order valence-electron chi connectivity index (χ2n) is 5.15. The first-order chi connectivity index (χ1) is 10.6. The fourth-order valence-electron chi connectivity index (χ4n) is 2.51. The topological polar surface area (TPSA) is 65.1 Å². The number of morpholine rings is 1. The molecule has 6 nitrogen and oxygen atoms in total. The van der Waals surface area contributed by atoms with Gasteiger partial charge >= 0.3 is 5.97 Å². The van der Waals surface area contributed by atoms with Crippen molar-refractivity contribution in [3.63, 3.8) is 0 Å². The Kier molecular flexibility index (Phi) is 5.51. The zero-order chi connectivity index (χ0) is 16.1. The molecule has 0 N–H and O–H groups in total. The van der Waals surface area contributed by atoms with Crippen LogP contribution in [0.4, 0.5) is 0 Å². The highest BCUT2D eigenvalue weighted by Crippen LogP contribution is 2.26. The lowest BCUT2D eigenvalue weighted by Gasteiger charge is -2.27. The standard InChI is InChI=1S/C16H21NO5/c1-11(18)13-8-12(10-17-4-6-22-7-5-17)15(20-2)9-14(13)16(19)21-3/h8-9H,4-7,10H2,1-3H3. The molecule has 0 atom stereocenters. The minimum absolute atomic E-state index is 0.175. The number of rotatable bonds is 5. The minimum atomic E-state index is -0.540. The van der Waals surface area contributed by atoms with Gasteiger partial charge in [-0.1, -0.05) is 0 Å². The van der Waals surface area contributed by atoms with Crippen molar-refractivity contribution in [2.24, 2.45) is 0 Å². The largest absolute Gasteiger partial charge is 0.496 e. The first-order valence-electron chi connectivity index (χ1n) is 7.17. The monoisotopic (exact) mass is 307 g/mol. The van der Waals surface area contributed by atoms with Crippen molar-refractivity contribution in [3.05, 3.63) is 28.8 Å². The predicted octanol–water partition coefficient (Wildman–Crippen LogP) is 1.52. The van der Waals surface area contributed by atoms with Gasteiger partial charge in [-0.15, -0.1) is 0 Å². The van der Waals surface area contributed by atoms with E-state index in [1.807, 2.05) is 0 Å². The normalized spacial score (nSPS) is 15.4. The highest BCUT2D eigenvalue weighted by Gasteiger charge is 2.21. The molecule has 6 heteroatoms. The molecule has 0 unspecified atom stereocenters. The summed E-state index contributed by atoms with van der Waals surface area (Å²) < 4.78 is 15.5. The molecule has 2 rings (SSSR count). The molecule has 1 saturated heterocycles. The van der Waals surface area contributed by atoms with E-state index in [0.717, 1.165) is 18.7 Å². The lowest BCUT2D eigenvalue weighted by Crippen LogP contribution is -2.35. The fraction of sp³-hybridized carbons (Fsp3) is 0.500. The smallest absolute Gasteiger partial charge is 0.338 e. The third-order valence-electron chi connectivity index (χ3n) is 3.70. The van der Waals surface area contributed by atoms with Crippen molar-refractivity contribution >= 4 is 11.8 Å². The Morgan fingerprint density at radius 3 is 2.41 bits per heavy atom. The number of nitrogens with zero attached hydrogens (tertiary/aromatic N) is 1. The van der Waals surface area contributed by atoms with Crippen molar-refractivity contribution in [3.8, 4) is 5.75 Å². The molecule has 1 aromatic rings. The number of hydrogen-bond acceptors (Lipinski definition) is 6. The molecule has 1 aliphatic rings. The lowest BCUT2D eigenvalue weighted by molar-refractivity contribution is 0.0338. The van der Waals surface area contributed by atoms with Gasteiger partial charge in [-0.25, -0.2) is 4.79 Å². The minimum Gasteiger partial charge on any atom is -0.496 e. The molecule has 1 heterocycles. The molecule has 0 aliphatic carbocycles. The van der Waals surface area contributed by atoms with Crippen LogP contribution >= 0.6 is 0 Å². The van der Waals surface area contributed by atoms with E-state index in [1.165, 1.54) is 14.0 Å². The summed E-state index contributed by atoms with van der Waals surface area (Å²) in [6.07, 6.45) is 0. The molecule has 0 spiro atoms. The number of carbonyl (C=O) groups is 2. The fourth-order valence-corrected chi connectivity index (χ4v) is 2.51. The van der Waals surface area contributed by atoms with Crippen LogP contribution < -0.4 is 4.74 Å². The van der Waals surface area contributed by atoms with Gasteiger partial charge in [0, 0.05) is 30.8 Å². The molecule has 0 bridgehead atoms. The SMILES string of the molecule is COC(=O)c1cc(OC)c(CN2CCOCC2)cc1C(C)=O. The average Bonchev–Trinajstić information content (AvgIpc) is 2.54. The van der Waals surface area contributed by atoms with Crippen LogP contribution in [0.2, 0.25) is 0 Å².